The van der Waals surface area contributed by atoms with Gasteiger partial charge in [0.15, 0.2) is 0 Å². The maximum Gasteiger partial charge on any atom is 0.140 e. The second-order valence-electron chi connectivity index (χ2n) is 4.62. The van der Waals surface area contributed by atoms with Crippen LogP contribution in [0.1, 0.15) is 64.1 Å². The van der Waals surface area contributed by atoms with Crippen molar-refractivity contribution in [2.45, 2.75) is 64.7 Å². The van der Waals surface area contributed by atoms with Crippen LogP contribution in [-0.4, -0.2) is 15.8 Å². The highest BCUT2D eigenvalue weighted by molar-refractivity contribution is 5.79. The molecule has 0 unspecified atom stereocenters. The summed E-state index contributed by atoms with van der Waals surface area (Å²) in [6.45, 7) is 2.23. The van der Waals surface area contributed by atoms with Crippen molar-refractivity contribution >= 4 is 5.78 Å². The molecule has 3 nitrogen and oxygen atoms in total. The molecule has 0 aliphatic heterocycles. The first kappa shape index (κ1) is 13.9. The normalized spacial score (nSPS) is 10.6. The number of H-pyrrole nitrogens is 1. The molecule has 0 aliphatic rings. The summed E-state index contributed by atoms with van der Waals surface area (Å²) in [6.07, 6.45) is 13.4. The summed E-state index contributed by atoms with van der Waals surface area (Å²) < 4.78 is 0. The number of carbonyl (C=O) groups excluding carboxylic acids is 1. The van der Waals surface area contributed by atoms with E-state index in [0.717, 1.165) is 12.2 Å². The molecule has 0 atom stereocenters. The van der Waals surface area contributed by atoms with E-state index < -0.39 is 0 Å². The fourth-order valence-electron chi connectivity index (χ4n) is 1.95. The molecular formula is C14H24N2O. The molecule has 0 aromatic carbocycles. The van der Waals surface area contributed by atoms with Crippen LogP contribution < -0.4 is 0 Å². The molecule has 1 N–H and O–H groups in total. The van der Waals surface area contributed by atoms with Crippen molar-refractivity contribution in [1.29, 1.82) is 0 Å². The van der Waals surface area contributed by atoms with Crippen molar-refractivity contribution in [3.8, 4) is 0 Å². The molecule has 0 bridgehead atoms. The lowest BCUT2D eigenvalue weighted by molar-refractivity contribution is -0.118. The molecule has 1 rings (SSSR count). The Hall–Kier alpha value is -1.12. The lowest BCUT2D eigenvalue weighted by Crippen LogP contribution is -2.03. The number of hydrogen-bond acceptors (Lipinski definition) is 2. The number of nitrogens with zero attached hydrogens (tertiary/aromatic N) is 1. The highest BCUT2D eigenvalue weighted by Gasteiger charge is 2.04. The highest BCUT2D eigenvalue weighted by Crippen LogP contribution is 2.09. The molecule has 17 heavy (non-hydrogen) atoms. The summed E-state index contributed by atoms with van der Waals surface area (Å²) in [5.74, 6) is 1.09. The largest absolute Gasteiger partial charge is 0.348 e. The summed E-state index contributed by atoms with van der Waals surface area (Å²) in [5.41, 5.74) is 0. The second-order valence-corrected chi connectivity index (χ2v) is 4.62. The Morgan fingerprint density at radius 3 is 2.53 bits per heavy atom. The van der Waals surface area contributed by atoms with Gasteiger partial charge in [-0.3, -0.25) is 4.79 Å². The third kappa shape index (κ3) is 6.93. The maximum atomic E-state index is 11.6. The van der Waals surface area contributed by atoms with Gasteiger partial charge in [0.05, 0.1) is 6.42 Å². The fraction of sp³-hybridized carbons (Fsp3) is 0.714. The topological polar surface area (TPSA) is 45.8 Å². The zero-order valence-corrected chi connectivity index (χ0v) is 10.9. The standard InChI is InChI=1S/C14H24N2O/c1-2-3-4-5-6-7-8-9-13(17)12-14-15-10-11-16-14/h10-11H,2-9,12H2,1H3,(H,15,16). The molecule has 0 saturated carbocycles. The number of aromatic nitrogens is 2. The van der Waals surface area contributed by atoms with Gasteiger partial charge >= 0.3 is 0 Å². The number of ketones is 1. The van der Waals surface area contributed by atoms with Crippen molar-refractivity contribution in [3.05, 3.63) is 18.2 Å². The van der Waals surface area contributed by atoms with E-state index in [1.165, 1.54) is 38.5 Å². The molecule has 0 aliphatic carbocycles. The molecule has 1 heterocycles. The fourth-order valence-corrected chi connectivity index (χ4v) is 1.95. The average molecular weight is 236 g/mol. The van der Waals surface area contributed by atoms with E-state index in [4.69, 9.17) is 0 Å². The maximum absolute atomic E-state index is 11.6. The van der Waals surface area contributed by atoms with E-state index >= 15 is 0 Å². The van der Waals surface area contributed by atoms with E-state index in [2.05, 4.69) is 16.9 Å². The van der Waals surface area contributed by atoms with Crippen molar-refractivity contribution in [3.63, 3.8) is 0 Å². The molecule has 0 amide bonds. The first-order valence-corrected chi connectivity index (χ1v) is 6.83. The molecule has 0 saturated heterocycles. The number of hydrogen-bond donors (Lipinski definition) is 1. The van der Waals surface area contributed by atoms with Crippen LogP contribution in [0, 0.1) is 0 Å². The molecule has 96 valence electrons. The van der Waals surface area contributed by atoms with Gasteiger partial charge in [-0.2, -0.15) is 0 Å². The van der Waals surface area contributed by atoms with Crippen molar-refractivity contribution in [2.24, 2.45) is 0 Å². The molecule has 0 radical (unpaired) electrons. The molecular weight excluding hydrogens is 212 g/mol. The number of carbonyl (C=O) groups is 1. The third-order valence-electron chi connectivity index (χ3n) is 2.98. The Kier molecular flexibility index (Phi) is 7.35. The Labute approximate surface area is 104 Å². The van der Waals surface area contributed by atoms with Gasteiger partial charge in [-0.15, -0.1) is 0 Å². The van der Waals surface area contributed by atoms with E-state index in [1.54, 1.807) is 12.4 Å². The van der Waals surface area contributed by atoms with Crippen LogP contribution in [0.2, 0.25) is 0 Å². The minimum absolute atomic E-state index is 0.300. The monoisotopic (exact) mass is 236 g/mol. The van der Waals surface area contributed by atoms with E-state index in [0.29, 0.717) is 18.6 Å². The van der Waals surface area contributed by atoms with Crippen LogP contribution in [0.15, 0.2) is 12.4 Å². The summed E-state index contributed by atoms with van der Waals surface area (Å²) in [5, 5.41) is 0. The zero-order valence-electron chi connectivity index (χ0n) is 10.9. The van der Waals surface area contributed by atoms with Crippen molar-refractivity contribution in [2.75, 3.05) is 0 Å². The van der Waals surface area contributed by atoms with Crippen LogP contribution in [-0.2, 0) is 11.2 Å². The predicted octanol–water partition coefficient (Wildman–Crippen LogP) is 3.66. The quantitative estimate of drug-likeness (QED) is 0.630. The molecule has 1 aromatic rings. The Morgan fingerprint density at radius 1 is 1.18 bits per heavy atom. The van der Waals surface area contributed by atoms with Crippen LogP contribution in [0.25, 0.3) is 0 Å². The van der Waals surface area contributed by atoms with Gasteiger partial charge in [-0.25, -0.2) is 4.98 Å². The van der Waals surface area contributed by atoms with E-state index in [-0.39, 0.29) is 0 Å². The summed E-state index contributed by atoms with van der Waals surface area (Å²) in [7, 11) is 0. The van der Waals surface area contributed by atoms with Gasteiger partial charge in [0, 0.05) is 18.8 Å². The summed E-state index contributed by atoms with van der Waals surface area (Å²) >= 11 is 0. The smallest absolute Gasteiger partial charge is 0.140 e. The van der Waals surface area contributed by atoms with Crippen LogP contribution in [0.5, 0.6) is 0 Å². The number of imidazole rings is 1. The number of aromatic amines is 1. The second kappa shape index (κ2) is 8.97. The number of unbranched alkanes of at least 4 members (excludes halogenated alkanes) is 6. The first-order chi connectivity index (χ1) is 8.33. The highest BCUT2D eigenvalue weighted by atomic mass is 16.1. The van der Waals surface area contributed by atoms with E-state index in [9.17, 15) is 4.79 Å². The van der Waals surface area contributed by atoms with Gasteiger partial charge in [0.25, 0.3) is 0 Å². The van der Waals surface area contributed by atoms with Crippen molar-refractivity contribution < 1.29 is 4.79 Å². The lowest BCUT2D eigenvalue weighted by Gasteiger charge is -2.00. The Bertz CT molecular complexity index is 293. The van der Waals surface area contributed by atoms with Crippen LogP contribution in [0.3, 0.4) is 0 Å². The number of nitrogens with one attached hydrogen (secondary N) is 1. The molecule has 0 spiro atoms. The van der Waals surface area contributed by atoms with Gasteiger partial charge < -0.3 is 4.98 Å². The molecule has 1 aromatic heterocycles. The van der Waals surface area contributed by atoms with Crippen LogP contribution in [0.4, 0.5) is 0 Å². The number of rotatable bonds is 10. The third-order valence-corrected chi connectivity index (χ3v) is 2.98. The Balaban J connectivity index is 1.94. The predicted molar refractivity (Wildman–Crippen MR) is 69.9 cm³/mol. The van der Waals surface area contributed by atoms with Gasteiger partial charge in [-0.1, -0.05) is 45.4 Å². The minimum atomic E-state index is 0.300. The lowest BCUT2D eigenvalue weighted by atomic mass is 10.1. The molecule has 0 fully saturated rings. The van der Waals surface area contributed by atoms with Gasteiger partial charge in [0.1, 0.15) is 11.6 Å². The van der Waals surface area contributed by atoms with Crippen LogP contribution >= 0.6 is 0 Å². The van der Waals surface area contributed by atoms with Crippen molar-refractivity contribution in [1.82, 2.24) is 9.97 Å². The Morgan fingerprint density at radius 2 is 1.88 bits per heavy atom. The van der Waals surface area contributed by atoms with Gasteiger partial charge in [-0.05, 0) is 6.42 Å². The van der Waals surface area contributed by atoms with E-state index in [1.807, 2.05) is 0 Å². The minimum Gasteiger partial charge on any atom is -0.348 e. The summed E-state index contributed by atoms with van der Waals surface area (Å²) in [4.78, 5) is 18.6. The molecule has 3 heteroatoms. The first-order valence-electron chi connectivity index (χ1n) is 6.83. The zero-order chi connectivity index (χ0) is 12.3. The van der Waals surface area contributed by atoms with Gasteiger partial charge in [0.2, 0.25) is 0 Å². The SMILES string of the molecule is CCCCCCCCCC(=O)Cc1ncc[nH]1. The average Bonchev–Trinajstić information content (AvgIpc) is 2.80. The number of Topliss-reactive ketones (excluding diaryl/α,β-unsaturated/α-hetero) is 1. The summed E-state index contributed by atoms with van der Waals surface area (Å²) in [6, 6.07) is 0.